The first-order valence-electron chi connectivity index (χ1n) is 8.13. The molecule has 0 fully saturated rings. The minimum absolute atomic E-state index is 0.269. The van der Waals surface area contributed by atoms with E-state index in [4.69, 9.17) is 4.74 Å². The molecule has 3 heteroatoms. The molecule has 0 aliphatic carbocycles. The third kappa shape index (κ3) is 8.36. The van der Waals surface area contributed by atoms with E-state index in [1.807, 2.05) is 0 Å². The van der Waals surface area contributed by atoms with E-state index in [1.54, 1.807) is 6.92 Å². The summed E-state index contributed by atoms with van der Waals surface area (Å²) in [5.41, 5.74) is 0.479. The van der Waals surface area contributed by atoms with Crippen molar-refractivity contribution in [1.29, 1.82) is 0 Å². The Morgan fingerprint density at radius 1 is 1.10 bits per heavy atom. The second kappa shape index (κ2) is 12.0. The van der Waals surface area contributed by atoms with E-state index >= 15 is 0 Å². The van der Waals surface area contributed by atoms with Crippen molar-refractivity contribution >= 4 is 5.97 Å². The van der Waals surface area contributed by atoms with Crippen LogP contribution in [0.3, 0.4) is 0 Å². The van der Waals surface area contributed by atoms with Gasteiger partial charge in [0.05, 0.1) is 6.61 Å². The zero-order valence-corrected chi connectivity index (χ0v) is 13.9. The number of esters is 1. The van der Waals surface area contributed by atoms with Crippen molar-refractivity contribution in [3.05, 3.63) is 12.2 Å². The van der Waals surface area contributed by atoms with E-state index in [-0.39, 0.29) is 5.97 Å². The van der Waals surface area contributed by atoms with Crippen LogP contribution in [-0.4, -0.2) is 36.6 Å². The van der Waals surface area contributed by atoms with Crippen LogP contribution in [0.5, 0.6) is 0 Å². The summed E-state index contributed by atoms with van der Waals surface area (Å²) in [5.74, 6) is -0.269. The van der Waals surface area contributed by atoms with Gasteiger partial charge in [0, 0.05) is 11.6 Å². The average molecular weight is 283 g/mol. The molecule has 0 amide bonds. The second-order valence-corrected chi connectivity index (χ2v) is 5.43. The fourth-order valence-electron chi connectivity index (χ4n) is 2.47. The van der Waals surface area contributed by atoms with Gasteiger partial charge in [-0.05, 0) is 32.9 Å². The van der Waals surface area contributed by atoms with Crippen molar-refractivity contribution in [3.8, 4) is 0 Å². The van der Waals surface area contributed by atoms with Crippen molar-refractivity contribution in [2.75, 3.05) is 19.7 Å². The smallest absolute Gasteiger partial charge is 0.333 e. The highest BCUT2D eigenvalue weighted by molar-refractivity contribution is 5.86. The van der Waals surface area contributed by atoms with Crippen LogP contribution in [0.25, 0.3) is 0 Å². The highest BCUT2D eigenvalue weighted by Crippen LogP contribution is 2.14. The van der Waals surface area contributed by atoms with Crippen molar-refractivity contribution < 1.29 is 9.53 Å². The third-order valence-corrected chi connectivity index (χ3v) is 3.75. The van der Waals surface area contributed by atoms with E-state index in [0.717, 1.165) is 19.5 Å². The summed E-state index contributed by atoms with van der Waals surface area (Å²) < 4.78 is 5.24. The maximum absolute atomic E-state index is 11.4. The van der Waals surface area contributed by atoms with Gasteiger partial charge in [-0.15, -0.1) is 0 Å². The zero-order chi connectivity index (χ0) is 15.4. The maximum atomic E-state index is 11.4. The highest BCUT2D eigenvalue weighted by atomic mass is 16.5. The minimum atomic E-state index is -0.269. The van der Waals surface area contributed by atoms with Crippen LogP contribution in [0.2, 0.25) is 0 Å². The number of hydrogen-bond acceptors (Lipinski definition) is 3. The van der Waals surface area contributed by atoms with Gasteiger partial charge < -0.3 is 9.64 Å². The van der Waals surface area contributed by atoms with Crippen molar-refractivity contribution in [1.82, 2.24) is 4.90 Å². The van der Waals surface area contributed by atoms with Gasteiger partial charge in [0.1, 0.15) is 0 Å². The lowest BCUT2D eigenvalue weighted by molar-refractivity contribution is -0.139. The van der Waals surface area contributed by atoms with E-state index in [2.05, 4.69) is 32.3 Å². The monoisotopic (exact) mass is 283 g/mol. The average Bonchev–Trinajstić information content (AvgIpc) is 2.43. The molecule has 0 aromatic rings. The normalized spacial score (nSPS) is 12.4. The fourth-order valence-corrected chi connectivity index (χ4v) is 2.47. The molecular weight excluding hydrogens is 250 g/mol. The number of carbonyl (C=O) groups excluding carboxylic acids is 1. The lowest BCUT2D eigenvalue weighted by Crippen LogP contribution is -2.36. The molecule has 0 saturated heterocycles. The van der Waals surface area contributed by atoms with Gasteiger partial charge in [-0.1, -0.05) is 53.0 Å². The molecule has 0 aliphatic rings. The molecule has 0 heterocycles. The number of nitrogens with zero attached hydrogens (tertiary/aromatic N) is 1. The Bertz CT molecular complexity index is 272. The molecule has 3 nitrogen and oxygen atoms in total. The van der Waals surface area contributed by atoms with E-state index in [0.29, 0.717) is 18.2 Å². The molecule has 0 spiro atoms. The van der Waals surface area contributed by atoms with Gasteiger partial charge >= 0.3 is 5.97 Å². The molecule has 1 unspecified atom stereocenters. The van der Waals surface area contributed by atoms with Crippen molar-refractivity contribution in [2.45, 2.75) is 72.3 Å². The van der Waals surface area contributed by atoms with E-state index in [1.165, 1.54) is 32.1 Å². The van der Waals surface area contributed by atoms with Crippen LogP contribution >= 0.6 is 0 Å². The molecule has 0 aromatic heterocycles. The Kier molecular flexibility index (Phi) is 11.5. The Hall–Kier alpha value is -0.830. The molecule has 0 radical (unpaired) electrons. The predicted molar refractivity (Wildman–Crippen MR) is 85.9 cm³/mol. The van der Waals surface area contributed by atoms with Gasteiger partial charge in [0.15, 0.2) is 0 Å². The summed E-state index contributed by atoms with van der Waals surface area (Å²) in [4.78, 5) is 13.9. The Labute approximate surface area is 125 Å². The Balaban J connectivity index is 4.16. The number of unbranched alkanes of at least 4 members (excludes halogenated alkanes) is 3. The lowest BCUT2D eigenvalue weighted by Gasteiger charge is -2.29. The van der Waals surface area contributed by atoms with Crippen molar-refractivity contribution in [2.24, 2.45) is 0 Å². The highest BCUT2D eigenvalue weighted by Gasteiger charge is 2.16. The first kappa shape index (κ1) is 19.2. The van der Waals surface area contributed by atoms with Crippen LogP contribution < -0.4 is 0 Å². The summed E-state index contributed by atoms with van der Waals surface area (Å²) in [6, 6.07) is 0.528. The molecule has 0 bridgehead atoms. The summed E-state index contributed by atoms with van der Waals surface area (Å²) in [6.07, 6.45) is 7.28. The van der Waals surface area contributed by atoms with Crippen LogP contribution in [0.1, 0.15) is 66.2 Å². The molecule has 1 atom stereocenters. The first-order chi connectivity index (χ1) is 9.56. The molecule has 20 heavy (non-hydrogen) atoms. The number of carbonyl (C=O) groups is 1. The van der Waals surface area contributed by atoms with Crippen LogP contribution in [0.15, 0.2) is 12.2 Å². The van der Waals surface area contributed by atoms with E-state index in [9.17, 15) is 4.79 Å². The first-order valence-corrected chi connectivity index (χ1v) is 8.13. The lowest BCUT2D eigenvalue weighted by atomic mass is 10.0. The number of rotatable bonds is 12. The Morgan fingerprint density at radius 2 is 1.75 bits per heavy atom. The number of ether oxygens (including phenoxy) is 1. The second-order valence-electron chi connectivity index (χ2n) is 5.43. The maximum Gasteiger partial charge on any atom is 0.333 e. The van der Waals surface area contributed by atoms with E-state index < -0.39 is 0 Å². The summed E-state index contributed by atoms with van der Waals surface area (Å²) in [5, 5.41) is 0. The van der Waals surface area contributed by atoms with Gasteiger partial charge in [-0.3, -0.25) is 0 Å². The van der Waals surface area contributed by atoms with Gasteiger partial charge in [0.25, 0.3) is 0 Å². The van der Waals surface area contributed by atoms with Crippen molar-refractivity contribution in [3.63, 3.8) is 0 Å². The molecule has 0 rings (SSSR count). The molecule has 118 valence electrons. The van der Waals surface area contributed by atoms with Crippen LogP contribution in [0.4, 0.5) is 0 Å². The largest absolute Gasteiger partial charge is 0.462 e. The molecule has 0 aromatic carbocycles. The topological polar surface area (TPSA) is 29.5 Å². The fraction of sp³-hybridized carbons (Fsp3) is 0.824. The molecule has 0 N–H and O–H groups in total. The van der Waals surface area contributed by atoms with Gasteiger partial charge in [-0.2, -0.15) is 0 Å². The van der Waals surface area contributed by atoms with Crippen LogP contribution in [0, 0.1) is 0 Å². The quantitative estimate of drug-likeness (QED) is 0.306. The summed E-state index contributed by atoms with van der Waals surface area (Å²) >= 11 is 0. The SMILES string of the molecule is C=C(C)C(=O)OCCC(CCCCCC)N(CC)CC. The summed E-state index contributed by atoms with van der Waals surface area (Å²) in [6.45, 7) is 14.5. The molecule has 0 saturated carbocycles. The Morgan fingerprint density at radius 3 is 2.25 bits per heavy atom. The summed E-state index contributed by atoms with van der Waals surface area (Å²) in [7, 11) is 0. The standard InChI is InChI=1S/C17H33NO2/c1-6-9-10-11-12-16(18(7-2)8-3)13-14-20-17(19)15(4)5/h16H,4,6-14H2,1-3,5H3. The number of hydrogen-bond donors (Lipinski definition) is 0. The zero-order valence-electron chi connectivity index (χ0n) is 13.9. The van der Waals surface area contributed by atoms with Crippen LogP contribution in [-0.2, 0) is 9.53 Å². The minimum Gasteiger partial charge on any atom is -0.462 e. The molecule has 0 aliphatic heterocycles. The van der Waals surface area contributed by atoms with Gasteiger partial charge in [0.2, 0.25) is 0 Å². The molecular formula is C17H33NO2. The third-order valence-electron chi connectivity index (χ3n) is 3.75. The van der Waals surface area contributed by atoms with Gasteiger partial charge in [-0.25, -0.2) is 4.79 Å². The predicted octanol–water partition coefficient (Wildman–Crippen LogP) is 4.18.